The van der Waals surface area contributed by atoms with E-state index < -0.39 is 0 Å². The average Bonchev–Trinajstić information content (AvgIpc) is 2.76. The van der Waals surface area contributed by atoms with Gasteiger partial charge in [-0.2, -0.15) is 11.8 Å². The zero-order chi connectivity index (χ0) is 13.8. The molecule has 0 saturated heterocycles. The van der Waals surface area contributed by atoms with Crippen molar-refractivity contribution in [2.45, 2.75) is 44.4 Å². The summed E-state index contributed by atoms with van der Waals surface area (Å²) in [5, 5.41) is 3.84. The summed E-state index contributed by atoms with van der Waals surface area (Å²) >= 11 is 2.00. The fourth-order valence-corrected chi connectivity index (χ4v) is 3.81. The van der Waals surface area contributed by atoms with Crippen LogP contribution >= 0.6 is 11.8 Å². The molecule has 104 valence electrons. The van der Waals surface area contributed by atoms with Crippen LogP contribution in [-0.4, -0.2) is 23.0 Å². The van der Waals surface area contributed by atoms with Crippen LogP contribution in [0.1, 0.15) is 42.1 Å². The van der Waals surface area contributed by atoms with Crippen molar-refractivity contribution < 1.29 is 4.79 Å². The van der Waals surface area contributed by atoms with E-state index in [1.54, 1.807) is 6.07 Å². The Labute approximate surface area is 119 Å². The normalized spacial score (nSPS) is 22.4. The molecule has 4 heteroatoms. The molecule has 1 amide bonds. The van der Waals surface area contributed by atoms with Crippen LogP contribution in [0.4, 0.5) is 5.69 Å². The third kappa shape index (κ3) is 3.90. The van der Waals surface area contributed by atoms with Crippen LogP contribution in [-0.2, 0) is 0 Å². The van der Waals surface area contributed by atoms with Crippen molar-refractivity contribution in [3.63, 3.8) is 0 Å². The summed E-state index contributed by atoms with van der Waals surface area (Å²) in [6.45, 7) is 4.14. The molecule has 1 fully saturated rings. The summed E-state index contributed by atoms with van der Waals surface area (Å²) in [5.41, 5.74) is 8.13. The zero-order valence-corrected chi connectivity index (χ0v) is 12.4. The van der Waals surface area contributed by atoms with Crippen molar-refractivity contribution in [1.29, 1.82) is 0 Å². The summed E-state index contributed by atoms with van der Waals surface area (Å²) in [6, 6.07) is 5.83. The molecular formula is C15H22N2OS. The van der Waals surface area contributed by atoms with E-state index in [9.17, 15) is 4.79 Å². The molecule has 0 heterocycles. The topological polar surface area (TPSA) is 55.1 Å². The first-order valence-corrected chi connectivity index (χ1v) is 7.93. The molecule has 1 saturated carbocycles. The largest absolute Gasteiger partial charge is 0.399 e. The van der Waals surface area contributed by atoms with Crippen molar-refractivity contribution in [2.75, 3.05) is 11.5 Å². The second-order valence-corrected chi connectivity index (χ2v) is 6.77. The number of nitrogens with one attached hydrogen (secondary N) is 1. The molecule has 0 spiro atoms. The Morgan fingerprint density at radius 2 is 2.21 bits per heavy atom. The molecule has 19 heavy (non-hydrogen) atoms. The van der Waals surface area contributed by atoms with Gasteiger partial charge in [-0.3, -0.25) is 4.79 Å². The fourth-order valence-electron chi connectivity index (χ4n) is 2.67. The molecule has 2 rings (SSSR count). The molecular weight excluding hydrogens is 256 g/mol. The number of thioether (sulfide) groups is 1. The molecule has 3 nitrogen and oxygen atoms in total. The lowest BCUT2D eigenvalue weighted by molar-refractivity contribution is 0.0938. The predicted molar refractivity (Wildman–Crippen MR) is 82.6 cm³/mol. The zero-order valence-electron chi connectivity index (χ0n) is 11.6. The van der Waals surface area contributed by atoms with Gasteiger partial charge >= 0.3 is 0 Å². The maximum absolute atomic E-state index is 12.2. The number of benzene rings is 1. The highest BCUT2D eigenvalue weighted by Gasteiger charge is 2.26. The van der Waals surface area contributed by atoms with Gasteiger partial charge in [-0.25, -0.2) is 0 Å². The van der Waals surface area contributed by atoms with Crippen LogP contribution in [0, 0.1) is 6.92 Å². The van der Waals surface area contributed by atoms with Crippen LogP contribution in [0.3, 0.4) is 0 Å². The van der Waals surface area contributed by atoms with Gasteiger partial charge in [-0.1, -0.05) is 6.92 Å². The van der Waals surface area contributed by atoms with Crippen LogP contribution in [0.25, 0.3) is 0 Å². The quantitative estimate of drug-likeness (QED) is 0.833. The van der Waals surface area contributed by atoms with E-state index in [1.807, 2.05) is 30.8 Å². The summed E-state index contributed by atoms with van der Waals surface area (Å²) in [4.78, 5) is 12.2. The molecule has 0 bridgehead atoms. The van der Waals surface area contributed by atoms with Gasteiger partial charge in [0, 0.05) is 22.5 Å². The van der Waals surface area contributed by atoms with Gasteiger partial charge in [0.15, 0.2) is 0 Å². The van der Waals surface area contributed by atoms with E-state index >= 15 is 0 Å². The van der Waals surface area contributed by atoms with Gasteiger partial charge in [0.2, 0.25) is 0 Å². The smallest absolute Gasteiger partial charge is 0.251 e. The van der Waals surface area contributed by atoms with Gasteiger partial charge in [-0.15, -0.1) is 0 Å². The number of carbonyl (C=O) groups is 1. The van der Waals surface area contributed by atoms with Crippen molar-refractivity contribution in [3.8, 4) is 0 Å². The van der Waals surface area contributed by atoms with E-state index in [4.69, 9.17) is 5.73 Å². The third-order valence-corrected chi connectivity index (χ3v) is 4.72. The minimum Gasteiger partial charge on any atom is -0.399 e. The van der Waals surface area contributed by atoms with Gasteiger partial charge in [0.05, 0.1) is 0 Å². The van der Waals surface area contributed by atoms with Gasteiger partial charge in [0.1, 0.15) is 0 Å². The third-order valence-electron chi connectivity index (χ3n) is 3.48. The molecule has 1 aromatic rings. The highest BCUT2D eigenvalue weighted by molar-refractivity contribution is 7.99. The lowest BCUT2D eigenvalue weighted by Crippen LogP contribution is -2.33. The van der Waals surface area contributed by atoms with E-state index in [0.717, 1.165) is 24.2 Å². The molecule has 1 aliphatic rings. The Kier molecular flexibility index (Phi) is 4.75. The molecule has 2 atom stereocenters. The molecule has 0 aliphatic heterocycles. The fraction of sp³-hybridized carbons (Fsp3) is 0.533. The lowest BCUT2D eigenvalue weighted by atomic mass is 10.1. The second-order valence-electron chi connectivity index (χ2n) is 5.19. The predicted octanol–water partition coefficient (Wildman–Crippen LogP) is 2.98. The van der Waals surface area contributed by atoms with E-state index in [0.29, 0.717) is 22.5 Å². The number of hydrogen-bond acceptors (Lipinski definition) is 3. The van der Waals surface area contributed by atoms with Crippen molar-refractivity contribution in [2.24, 2.45) is 0 Å². The van der Waals surface area contributed by atoms with Crippen molar-refractivity contribution >= 4 is 23.4 Å². The molecule has 0 aromatic heterocycles. The first-order chi connectivity index (χ1) is 9.08. The molecule has 3 N–H and O–H groups in total. The Morgan fingerprint density at radius 1 is 1.42 bits per heavy atom. The Balaban J connectivity index is 1.94. The molecule has 2 unspecified atom stereocenters. The Morgan fingerprint density at radius 3 is 2.89 bits per heavy atom. The average molecular weight is 278 g/mol. The summed E-state index contributed by atoms with van der Waals surface area (Å²) in [7, 11) is 0. The number of hydrogen-bond donors (Lipinski definition) is 2. The molecule has 1 aromatic carbocycles. The first kappa shape index (κ1) is 14.3. The van der Waals surface area contributed by atoms with Crippen LogP contribution in [0.2, 0.25) is 0 Å². The Hall–Kier alpha value is -1.16. The van der Waals surface area contributed by atoms with E-state index in [1.165, 1.54) is 6.42 Å². The van der Waals surface area contributed by atoms with E-state index in [2.05, 4.69) is 12.2 Å². The van der Waals surface area contributed by atoms with E-state index in [-0.39, 0.29) is 5.91 Å². The number of amides is 1. The van der Waals surface area contributed by atoms with Gasteiger partial charge in [-0.05, 0) is 55.7 Å². The second kappa shape index (κ2) is 6.33. The summed E-state index contributed by atoms with van der Waals surface area (Å²) in [6.07, 6.45) is 3.38. The van der Waals surface area contributed by atoms with Gasteiger partial charge < -0.3 is 11.1 Å². The number of aryl methyl sites for hydroxylation is 1. The van der Waals surface area contributed by atoms with Gasteiger partial charge in [0.25, 0.3) is 5.91 Å². The van der Waals surface area contributed by atoms with Crippen LogP contribution in [0.5, 0.6) is 0 Å². The van der Waals surface area contributed by atoms with Crippen molar-refractivity contribution in [3.05, 3.63) is 29.3 Å². The number of rotatable bonds is 4. The standard InChI is InChI=1S/C15H22N2OS/c1-3-19-14-5-4-13(9-14)17-15(18)11-6-10(2)7-12(16)8-11/h6-8,13-14H,3-5,9,16H2,1-2H3,(H,17,18). The number of carbonyl (C=O) groups excluding carboxylic acids is 1. The number of nitrogen functional groups attached to an aromatic ring is 1. The lowest BCUT2D eigenvalue weighted by Gasteiger charge is -2.13. The molecule has 1 aliphatic carbocycles. The number of anilines is 1. The minimum atomic E-state index is 0.00236. The maximum Gasteiger partial charge on any atom is 0.251 e. The number of nitrogens with two attached hydrogens (primary N) is 1. The van der Waals surface area contributed by atoms with Crippen molar-refractivity contribution in [1.82, 2.24) is 5.32 Å². The summed E-state index contributed by atoms with van der Waals surface area (Å²) in [5.74, 6) is 1.15. The monoisotopic (exact) mass is 278 g/mol. The highest BCUT2D eigenvalue weighted by Crippen LogP contribution is 2.29. The molecule has 0 radical (unpaired) electrons. The first-order valence-electron chi connectivity index (χ1n) is 6.88. The highest BCUT2D eigenvalue weighted by atomic mass is 32.2. The van der Waals surface area contributed by atoms with Crippen LogP contribution < -0.4 is 11.1 Å². The summed E-state index contributed by atoms with van der Waals surface area (Å²) < 4.78 is 0. The maximum atomic E-state index is 12.2. The SMILES string of the molecule is CCSC1CCC(NC(=O)c2cc(C)cc(N)c2)C1. The van der Waals surface area contributed by atoms with Crippen LogP contribution in [0.15, 0.2) is 18.2 Å². The minimum absolute atomic E-state index is 0.00236. The Bertz CT molecular complexity index is 441.